The lowest BCUT2D eigenvalue weighted by molar-refractivity contribution is 0.661. The van der Waals surface area contributed by atoms with Crippen molar-refractivity contribution in [3.63, 3.8) is 0 Å². The first-order valence-electron chi connectivity index (χ1n) is 22.1. The molecule has 0 bridgehead atoms. The van der Waals surface area contributed by atoms with E-state index in [0.717, 1.165) is 72.1 Å². The Labute approximate surface area is 371 Å². The predicted molar refractivity (Wildman–Crippen MR) is 267 cm³/mol. The molecule has 64 heavy (non-hydrogen) atoms. The van der Waals surface area contributed by atoms with Gasteiger partial charge in [0, 0.05) is 32.9 Å². The van der Waals surface area contributed by atoms with Crippen molar-refractivity contribution in [2.24, 2.45) is 0 Å². The highest BCUT2D eigenvalue weighted by Gasteiger charge is 2.37. The molecular formula is C61H40N2O. The lowest BCUT2D eigenvalue weighted by Gasteiger charge is -2.22. The van der Waals surface area contributed by atoms with Gasteiger partial charge < -0.3 is 4.42 Å². The molecule has 1 aliphatic rings. The van der Waals surface area contributed by atoms with Gasteiger partial charge in [-0.05, 0) is 113 Å². The van der Waals surface area contributed by atoms with E-state index in [0.29, 0.717) is 5.82 Å². The number of furan rings is 1. The Morgan fingerprint density at radius 3 is 1.77 bits per heavy atom. The van der Waals surface area contributed by atoms with Crippen LogP contribution < -0.4 is 0 Å². The number of aromatic nitrogens is 2. The van der Waals surface area contributed by atoms with Gasteiger partial charge in [0.1, 0.15) is 11.2 Å². The van der Waals surface area contributed by atoms with Crippen molar-refractivity contribution in [1.29, 1.82) is 0 Å². The molecule has 2 heterocycles. The van der Waals surface area contributed by atoms with E-state index in [-0.39, 0.29) is 5.41 Å². The van der Waals surface area contributed by atoms with Crippen LogP contribution in [-0.4, -0.2) is 9.97 Å². The molecule has 0 spiro atoms. The third-order valence-electron chi connectivity index (χ3n) is 13.7. The predicted octanol–water partition coefficient (Wildman–Crippen LogP) is 16.5. The average molecular weight is 817 g/mol. The van der Waals surface area contributed by atoms with Crippen LogP contribution in [0, 0.1) is 0 Å². The normalized spacial score (nSPS) is 13.0. The largest absolute Gasteiger partial charge is 0.456 e. The van der Waals surface area contributed by atoms with E-state index < -0.39 is 0 Å². The second kappa shape index (κ2) is 13.9. The molecule has 0 unspecified atom stereocenters. The fraction of sp³-hybridized carbons (Fsp3) is 0.0492. The van der Waals surface area contributed by atoms with E-state index in [1.165, 1.54) is 54.7 Å². The maximum atomic E-state index is 6.48. The van der Waals surface area contributed by atoms with E-state index in [1.807, 2.05) is 6.07 Å². The SMILES string of the molecule is CC1(C)c2cc3ccccc3cc2-c2c(-c3cc(-c4ccc(-c5cccc(-c6cccc7oc8ccc9ccccc9c8c67)c5)c5ccccc45)nc(-c4ccccc4)n3)cccc21. The maximum absolute atomic E-state index is 6.48. The minimum Gasteiger partial charge on any atom is -0.456 e. The van der Waals surface area contributed by atoms with Crippen LogP contribution in [0.3, 0.4) is 0 Å². The minimum atomic E-state index is -0.167. The summed E-state index contributed by atoms with van der Waals surface area (Å²) < 4.78 is 6.48. The van der Waals surface area contributed by atoms with Crippen LogP contribution in [-0.2, 0) is 5.41 Å². The van der Waals surface area contributed by atoms with Crippen molar-refractivity contribution in [2.75, 3.05) is 0 Å². The first-order chi connectivity index (χ1) is 31.5. The molecule has 0 saturated carbocycles. The third kappa shape index (κ3) is 5.54. The average Bonchev–Trinajstić information content (AvgIpc) is 3.85. The molecule has 3 heteroatoms. The minimum absolute atomic E-state index is 0.167. The Kier molecular flexibility index (Phi) is 7.95. The van der Waals surface area contributed by atoms with Gasteiger partial charge in [-0.15, -0.1) is 0 Å². The number of nitrogens with zero attached hydrogens (tertiary/aromatic N) is 2. The lowest BCUT2D eigenvalue weighted by Crippen LogP contribution is -2.14. The topological polar surface area (TPSA) is 38.9 Å². The summed E-state index contributed by atoms with van der Waals surface area (Å²) in [6.07, 6.45) is 0. The van der Waals surface area contributed by atoms with Gasteiger partial charge in [-0.3, -0.25) is 0 Å². The molecule has 300 valence electrons. The number of hydrogen-bond acceptors (Lipinski definition) is 3. The van der Waals surface area contributed by atoms with E-state index in [9.17, 15) is 0 Å². The second-order valence-corrected chi connectivity index (χ2v) is 17.7. The van der Waals surface area contributed by atoms with E-state index in [1.54, 1.807) is 0 Å². The van der Waals surface area contributed by atoms with Crippen LogP contribution in [0.25, 0.3) is 122 Å². The van der Waals surface area contributed by atoms with Crippen LogP contribution in [0.1, 0.15) is 25.0 Å². The molecule has 0 amide bonds. The Hall–Kier alpha value is -8.14. The fourth-order valence-electron chi connectivity index (χ4n) is 10.6. The summed E-state index contributed by atoms with van der Waals surface area (Å²) in [6.45, 7) is 4.70. The number of rotatable bonds is 5. The molecule has 0 fully saturated rings. The zero-order valence-electron chi connectivity index (χ0n) is 35.4. The molecule has 0 N–H and O–H groups in total. The highest BCUT2D eigenvalue weighted by molar-refractivity contribution is 6.22. The van der Waals surface area contributed by atoms with Crippen LogP contribution in [0.5, 0.6) is 0 Å². The molecule has 1 aliphatic carbocycles. The summed E-state index contributed by atoms with van der Waals surface area (Å²) in [5, 5.41) is 9.51. The molecule has 0 aliphatic heterocycles. The van der Waals surface area contributed by atoms with Gasteiger partial charge in [0.15, 0.2) is 5.82 Å². The van der Waals surface area contributed by atoms with E-state index in [4.69, 9.17) is 14.4 Å². The van der Waals surface area contributed by atoms with Crippen LogP contribution in [0.15, 0.2) is 211 Å². The van der Waals surface area contributed by atoms with Gasteiger partial charge in [-0.25, -0.2) is 9.97 Å². The van der Waals surface area contributed by atoms with Gasteiger partial charge in [0.2, 0.25) is 0 Å². The van der Waals surface area contributed by atoms with Crippen molar-refractivity contribution in [3.05, 3.63) is 217 Å². The smallest absolute Gasteiger partial charge is 0.160 e. The number of hydrogen-bond donors (Lipinski definition) is 0. The van der Waals surface area contributed by atoms with Gasteiger partial charge in [-0.2, -0.15) is 0 Å². The molecule has 3 nitrogen and oxygen atoms in total. The molecule has 0 saturated heterocycles. The van der Waals surface area contributed by atoms with Gasteiger partial charge in [0.05, 0.1) is 11.4 Å². The maximum Gasteiger partial charge on any atom is 0.160 e. The van der Waals surface area contributed by atoms with Gasteiger partial charge in [0.25, 0.3) is 0 Å². The van der Waals surface area contributed by atoms with Crippen LogP contribution >= 0.6 is 0 Å². The third-order valence-corrected chi connectivity index (χ3v) is 13.7. The van der Waals surface area contributed by atoms with Crippen LogP contribution in [0.4, 0.5) is 0 Å². The zero-order chi connectivity index (χ0) is 42.5. The summed E-state index contributed by atoms with van der Waals surface area (Å²) >= 11 is 0. The zero-order valence-corrected chi connectivity index (χ0v) is 35.4. The van der Waals surface area contributed by atoms with Crippen molar-refractivity contribution in [2.45, 2.75) is 19.3 Å². The van der Waals surface area contributed by atoms with Crippen molar-refractivity contribution >= 4 is 54.3 Å². The van der Waals surface area contributed by atoms with Gasteiger partial charge in [-0.1, -0.05) is 184 Å². The summed E-state index contributed by atoms with van der Waals surface area (Å²) in [6, 6.07) is 74.2. The molecule has 13 rings (SSSR count). The van der Waals surface area contributed by atoms with Crippen molar-refractivity contribution in [1.82, 2.24) is 9.97 Å². The lowest BCUT2D eigenvalue weighted by atomic mass is 9.81. The summed E-state index contributed by atoms with van der Waals surface area (Å²) in [5.41, 5.74) is 16.4. The summed E-state index contributed by atoms with van der Waals surface area (Å²) in [5.74, 6) is 0.705. The fourth-order valence-corrected chi connectivity index (χ4v) is 10.6. The Balaban J connectivity index is 0.982. The summed E-state index contributed by atoms with van der Waals surface area (Å²) in [7, 11) is 0. The van der Waals surface area contributed by atoms with Crippen molar-refractivity contribution in [3.8, 4) is 67.3 Å². The molecular weight excluding hydrogens is 777 g/mol. The highest BCUT2D eigenvalue weighted by atomic mass is 16.3. The molecule has 0 radical (unpaired) electrons. The van der Waals surface area contributed by atoms with Gasteiger partial charge >= 0.3 is 0 Å². The van der Waals surface area contributed by atoms with E-state index >= 15 is 0 Å². The monoisotopic (exact) mass is 816 g/mol. The Bertz CT molecular complexity index is 3880. The molecule has 10 aromatic carbocycles. The molecule has 2 aromatic heterocycles. The summed E-state index contributed by atoms with van der Waals surface area (Å²) in [4.78, 5) is 10.7. The quantitative estimate of drug-likeness (QED) is 0.174. The first kappa shape index (κ1) is 36.5. The van der Waals surface area contributed by atoms with Crippen molar-refractivity contribution < 1.29 is 4.42 Å². The standard InChI is InChI=1S/C61H40N2O/c1-61(2)51-27-13-26-49(57(51)50-34-39-18-6-7-19-40(39)35-52(50)61)54-36-53(62-60(63-54)38-16-4-3-5-17-38)48-31-30-43(46-23-10-11-24-47(46)48)41-20-12-21-42(33-41)45-25-14-28-55-59(45)58-44-22-9-8-15-37(44)29-32-56(58)64-55/h3-36H,1-2H3. The number of benzene rings is 10. The Morgan fingerprint density at radius 2 is 0.953 bits per heavy atom. The molecule has 12 aromatic rings. The molecule has 0 atom stereocenters. The van der Waals surface area contributed by atoms with Crippen LogP contribution in [0.2, 0.25) is 0 Å². The van der Waals surface area contributed by atoms with E-state index in [2.05, 4.69) is 214 Å². The number of fused-ring (bicyclic) bond motifs is 10. The second-order valence-electron chi connectivity index (χ2n) is 17.7. The first-order valence-corrected chi connectivity index (χ1v) is 22.1. The Morgan fingerprint density at radius 1 is 0.359 bits per heavy atom. The highest BCUT2D eigenvalue weighted by Crippen LogP contribution is 2.53.